The lowest BCUT2D eigenvalue weighted by Crippen LogP contribution is -2.14. The third-order valence-electron chi connectivity index (χ3n) is 5.76. The highest BCUT2D eigenvalue weighted by Gasteiger charge is 2.34. The second-order valence-electron chi connectivity index (χ2n) is 8.67. The second-order valence-corrected chi connectivity index (χ2v) is 10.6. The molecule has 0 aliphatic carbocycles. The number of aliphatic hydroxyl groups is 1. The molecule has 7 nitrogen and oxygen atoms in total. The Morgan fingerprint density at radius 3 is 2.35 bits per heavy atom. The van der Waals surface area contributed by atoms with Gasteiger partial charge in [0.15, 0.2) is 11.5 Å². The van der Waals surface area contributed by atoms with Gasteiger partial charge in [-0.15, -0.1) is 0 Å². The Bertz CT molecular complexity index is 1500. The van der Waals surface area contributed by atoms with Crippen LogP contribution in [0.3, 0.4) is 0 Å². The summed E-state index contributed by atoms with van der Waals surface area (Å²) in [5, 5.41) is 11.1. The summed E-state index contributed by atoms with van der Waals surface area (Å²) in [4.78, 5) is 30.1. The highest BCUT2D eigenvalue weighted by Crippen LogP contribution is 2.42. The van der Waals surface area contributed by atoms with Crippen LogP contribution in [0.15, 0.2) is 92.4 Å². The summed E-state index contributed by atoms with van der Waals surface area (Å²) in [6.07, 6.45) is 1.69. The van der Waals surface area contributed by atoms with E-state index >= 15 is 0 Å². The van der Waals surface area contributed by atoms with Crippen molar-refractivity contribution in [2.75, 3.05) is 13.2 Å². The van der Waals surface area contributed by atoms with Gasteiger partial charge in [-0.3, -0.25) is 4.79 Å². The van der Waals surface area contributed by atoms with Gasteiger partial charge in [-0.2, -0.15) is 0 Å². The molecule has 0 saturated carbocycles. The van der Waals surface area contributed by atoms with Gasteiger partial charge in [0.1, 0.15) is 23.0 Å². The molecule has 1 aliphatic heterocycles. The van der Waals surface area contributed by atoms with E-state index in [1.54, 1.807) is 49.4 Å². The quantitative estimate of drug-likeness (QED) is 0.248. The van der Waals surface area contributed by atoms with Crippen LogP contribution in [0.1, 0.15) is 40.9 Å². The van der Waals surface area contributed by atoms with Gasteiger partial charge in [0.25, 0.3) is 5.91 Å². The summed E-state index contributed by atoms with van der Waals surface area (Å²) >= 11 is 4.60. The number of aliphatic imine (C=N–C) groups is 1. The minimum atomic E-state index is -0.759. The van der Waals surface area contributed by atoms with Crippen LogP contribution in [0.2, 0.25) is 0 Å². The number of halogens is 1. The standard InChI is InChI=1S/C31H28BrNO6S/c1-4-37-24-15-22(23(32)17-25(24)39-18-20-9-7-6-8-10-20)16-26-28(34)27(31(36)38-5-2)30(40-26)33-29(35)21-13-11-19(3)12-14-21/h6-17,34H,4-5,18H2,1-3H3/b26-16-,33-30?. The molecule has 4 rings (SSSR count). The molecule has 0 unspecified atom stereocenters. The topological polar surface area (TPSA) is 94.4 Å². The lowest BCUT2D eigenvalue weighted by atomic mass is 10.1. The number of aryl methyl sites for hydroxylation is 1. The lowest BCUT2D eigenvalue weighted by molar-refractivity contribution is -0.138. The van der Waals surface area contributed by atoms with Crippen molar-refractivity contribution in [2.45, 2.75) is 27.4 Å². The van der Waals surface area contributed by atoms with Crippen LogP contribution in [0.4, 0.5) is 0 Å². The van der Waals surface area contributed by atoms with Crippen molar-refractivity contribution in [1.82, 2.24) is 0 Å². The fourth-order valence-electron chi connectivity index (χ4n) is 3.76. The van der Waals surface area contributed by atoms with Gasteiger partial charge in [-0.1, -0.05) is 75.7 Å². The van der Waals surface area contributed by atoms with Gasteiger partial charge in [-0.05, 0) is 62.2 Å². The molecule has 206 valence electrons. The number of thioether (sulfide) groups is 1. The molecule has 40 heavy (non-hydrogen) atoms. The number of aliphatic hydroxyl groups excluding tert-OH is 1. The van der Waals surface area contributed by atoms with Crippen LogP contribution in [-0.4, -0.2) is 35.2 Å². The fourth-order valence-corrected chi connectivity index (χ4v) is 5.20. The number of rotatable bonds is 9. The Morgan fingerprint density at radius 2 is 1.68 bits per heavy atom. The molecule has 0 saturated heterocycles. The first-order valence-corrected chi connectivity index (χ1v) is 14.2. The molecule has 0 atom stereocenters. The van der Waals surface area contributed by atoms with Gasteiger partial charge in [0, 0.05) is 10.0 Å². The number of amides is 1. The Balaban J connectivity index is 1.68. The van der Waals surface area contributed by atoms with Gasteiger partial charge in [-0.25, -0.2) is 9.79 Å². The van der Waals surface area contributed by atoms with Crippen molar-refractivity contribution in [1.29, 1.82) is 0 Å². The third-order valence-corrected chi connectivity index (χ3v) is 7.47. The Hall–Kier alpha value is -3.82. The average Bonchev–Trinajstić information content (AvgIpc) is 3.24. The van der Waals surface area contributed by atoms with Crippen molar-refractivity contribution in [3.05, 3.63) is 110 Å². The van der Waals surface area contributed by atoms with E-state index in [4.69, 9.17) is 14.2 Å². The highest BCUT2D eigenvalue weighted by molar-refractivity contribution is 9.10. The number of carbonyl (C=O) groups is 2. The van der Waals surface area contributed by atoms with Gasteiger partial charge in [0.2, 0.25) is 0 Å². The molecule has 1 N–H and O–H groups in total. The zero-order chi connectivity index (χ0) is 28.6. The molecular formula is C31H28BrNO6S. The SMILES string of the molecule is CCOC(=O)C1=C(O)/C(=C/c2cc(OCC)c(OCc3ccccc3)cc2Br)SC1=NC(=O)c1ccc(C)cc1. The van der Waals surface area contributed by atoms with Crippen LogP contribution in [-0.2, 0) is 16.1 Å². The van der Waals surface area contributed by atoms with Crippen molar-refractivity contribution in [3.8, 4) is 11.5 Å². The van der Waals surface area contributed by atoms with Crippen LogP contribution in [0.5, 0.6) is 11.5 Å². The largest absolute Gasteiger partial charge is 0.506 e. The predicted octanol–water partition coefficient (Wildman–Crippen LogP) is 7.44. The number of ether oxygens (including phenoxy) is 3. The zero-order valence-electron chi connectivity index (χ0n) is 22.3. The Morgan fingerprint density at radius 1 is 0.975 bits per heavy atom. The van der Waals surface area contributed by atoms with E-state index in [0.717, 1.165) is 22.9 Å². The van der Waals surface area contributed by atoms with Crippen LogP contribution in [0.25, 0.3) is 6.08 Å². The monoisotopic (exact) mass is 621 g/mol. The van der Waals surface area contributed by atoms with E-state index in [-0.39, 0.29) is 23.0 Å². The van der Waals surface area contributed by atoms with E-state index in [1.165, 1.54) is 0 Å². The number of carbonyl (C=O) groups excluding carboxylic acids is 2. The molecule has 9 heteroatoms. The van der Waals surface area contributed by atoms with Crippen LogP contribution in [0, 0.1) is 6.92 Å². The third kappa shape index (κ3) is 7.03. The molecule has 0 fully saturated rings. The maximum Gasteiger partial charge on any atom is 0.344 e. The molecule has 1 amide bonds. The summed E-state index contributed by atoms with van der Waals surface area (Å²) in [7, 11) is 0. The second kappa shape index (κ2) is 13.5. The number of benzene rings is 3. The smallest absolute Gasteiger partial charge is 0.344 e. The first-order chi connectivity index (χ1) is 19.3. The number of hydrogen-bond donors (Lipinski definition) is 1. The van der Waals surface area contributed by atoms with Crippen molar-refractivity contribution in [2.24, 2.45) is 4.99 Å². The molecule has 1 heterocycles. The first-order valence-electron chi connectivity index (χ1n) is 12.6. The normalized spacial score (nSPS) is 15.0. The molecule has 0 radical (unpaired) electrons. The van der Waals surface area contributed by atoms with Crippen molar-refractivity contribution < 1.29 is 28.9 Å². The molecule has 0 spiro atoms. The molecule has 3 aromatic carbocycles. The van der Waals surface area contributed by atoms with E-state index < -0.39 is 11.9 Å². The maximum absolute atomic E-state index is 12.9. The van der Waals surface area contributed by atoms with E-state index in [9.17, 15) is 14.7 Å². The summed E-state index contributed by atoms with van der Waals surface area (Å²) in [5.41, 5.74) is 2.90. The Labute approximate surface area is 245 Å². The van der Waals surface area contributed by atoms with Crippen LogP contribution < -0.4 is 9.47 Å². The van der Waals surface area contributed by atoms with E-state index in [1.807, 2.05) is 44.2 Å². The molecule has 0 bridgehead atoms. The summed E-state index contributed by atoms with van der Waals surface area (Å²) in [6.45, 7) is 6.35. The average molecular weight is 623 g/mol. The van der Waals surface area contributed by atoms with Crippen LogP contribution >= 0.6 is 27.7 Å². The molecule has 0 aromatic heterocycles. The summed E-state index contributed by atoms with van der Waals surface area (Å²) in [5.74, 6) is -0.526. The lowest BCUT2D eigenvalue weighted by Gasteiger charge is -2.14. The van der Waals surface area contributed by atoms with Gasteiger partial charge >= 0.3 is 5.97 Å². The summed E-state index contributed by atoms with van der Waals surface area (Å²) < 4.78 is 17.7. The number of esters is 1. The van der Waals surface area contributed by atoms with Gasteiger partial charge < -0.3 is 19.3 Å². The molecule has 3 aromatic rings. The minimum absolute atomic E-state index is 0.0664. The fraction of sp³-hybridized carbons (Fsp3) is 0.194. The first kappa shape index (κ1) is 29.2. The van der Waals surface area contributed by atoms with Gasteiger partial charge in [0.05, 0.1) is 18.1 Å². The minimum Gasteiger partial charge on any atom is -0.506 e. The summed E-state index contributed by atoms with van der Waals surface area (Å²) in [6, 6.07) is 20.3. The maximum atomic E-state index is 12.9. The van der Waals surface area contributed by atoms with Crippen molar-refractivity contribution in [3.63, 3.8) is 0 Å². The highest BCUT2D eigenvalue weighted by atomic mass is 79.9. The zero-order valence-corrected chi connectivity index (χ0v) is 24.7. The van der Waals surface area contributed by atoms with Crippen molar-refractivity contribution >= 4 is 50.7 Å². The number of nitrogens with zero attached hydrogens (tertiary/aromatic N) is 1. The van der Waals surface area contributed by atoms with E-state index in [2.05, 4.69) is 20.9 Å². The Kier molecular flexibility index (Phi) is 9.84. The number of hydrogen-bond acceptors (Lipinski definition) is 7. The van der Waals surface area contributed by atoms with E-state index in [0.29, 0.717) is 45.2 Å². The predicted molar refractivity (Wildman–Crippen MR) is 161 cm³/mol. The molecule has 1 aliphatic rings. The molecular weight excluding hydrogens is 594 g/mol.